The molecule has 0 unspecified atom stereocenters. The number of halogens is 2. The van der Waals surface area contributed by atoms with Crippen LogP contribution >= 0.6 is 31.9 Å². The molecule has 0 atom stereocenters. The lowest BCUT2D eigenvalue weighted by Gasteiger charge is -2.37. The normalized spacial score (nSPS) is 19.2. The van der Waals surface area contributed by atoms with Crippen molar-refractivity contribution in [3.05, 3.63) is 118 Å². The van der Waals surface area contributed by atoms with Crippen molar-refractivity contribution in [1.82, 2.24) is 48.8 Å². The van der Waals surface area contributed by atoms with E-state index in [0.29, 0.717) is 66.2 Å². The maximum absolute atomic E-state index is 13.2. The van der Waals surface area contributed by atoms with Gasteiger partial charge in [0.1, 0.15) is 19.3 Å². The van der Waals surface area contributed by atoms with Crippen LogP contribution in [0.5, 0.6) is 0 Å². The summed E-state index contributed by atoms with van der Waals surface area (Å²) >= 11 is 7.54. The smallest absolute Gasteiger partial charge is 0.327 e. The van der Waals surface area contributed by atoms with Crippen molar-refractivity contribution >= 4 is 103 Å². The van der Waals surface area contributed by atoms with Gasteiger partial charge >= 0.3 is 11.9 Å². The first-order chi connectivity index (χ1) is 42.6. The van der Waals surface area contributed by atoms with E-state index in [1.165, 1.54) is 0 Å². The van der Waals surface area contributed by atoms with Crippen LogP contribution in [0.3, 0.4) is 0 Å². The fraction of sp³-hybridized carbons (Fsp3) is 0.484. The summed E-state index contributed by atoms with van der Waals surface area (Å²) in [6, 6.07) is 21.7. The SMILES string of the molecule is CCOC(=O)C1(S(C)(=O)=O)CCC(c2nc3c(-c4cnn(-c5ccccc5)c4)cnn3c(N(COCC[Si](C)(C)C)COCC[Si](C)(C)C)c2Br)CC1.CCOC(=O)C1(S(C)(=O)=O)CCC(c2nc3c(-c4cnn(-c5ccccc5)c4)cnn3c(N)c2Br)CC1. The number of ether oxygens (including phenoxy) is 4. The molecule has 2 N–H and O–H groups in total. The molecule has 6 heterocycles. The van der Waals surface area contributed by atoms with E-state index < -0.39 is 57.3 Å². The molecule has 90 heavy (non-hydrogen) atoms. The number of esters is 2. The van der Waals surface area contributed by atoms with Gasteiger partial charge in [-0.3, -0.25) is 9.59 Å². The quantitative estimate of drug-likeness (QED) is 0.0270. The molecular formula is C62H82Br2N12O10S2Si2. The molecule has 2 fully saturated rings. The van der Waals surface area contributed by atoms with Crippen molar-refractivity contribution in [1.29, 1.82) is 0 Å². The van der Waals surface area contributed by atoms with Gasteiger partial charge in [0.25, 0.3) is 0 Å². The first-order valence-electron chi connectivity index (χ1n) is 30.3. The molecular weight excluding hydrogens is 1350 g/mol. The summed E-state index contributed by atoms with van der Waals surface area (Å²) in [5.74, 6) is -0.457. The molecule has 2 aliphatic carbocycles. The largest absolute Gasteiger partial charge is 0.465 e. The minimum absolute atomic E-state index is 0.0965. The van der Waals surface area contributed by atoms with Crippen LogP contribution in [0.15, 0.2) is 107 Å². The summed E-state index contributed by atoms with van der Waals surface area (Å²) in [6.07, 6.45) is 15.6. The van der Waals surface area contributed by atoms with Gasteiger partial charge in [0, 0.05) is 88.4 Å². The number of sulfone groups is 2. The van der Waals surface area contributed by atoms with E-state index in [1.54, 1.807) is 41.6 Å². The zero-order valence-corrected chi connectivity index (χ0v) is 59.7. The van der Waals surface area contributed by atoms with E-state index in [1.807, 2.05) is 88.5 Å². The van der Waals surface area contributed by atoms with Gasteiger partial charge in [-0.15, -0.1) is 0 Å². The monoisotopic (exact) mass is 1430 g/mol. The highest BCUT2D eigenvalue weighted by Crippen LogP contribution is 2.48. The predicted molar refractivity (Wildman–Crippen MR) is 362 cm³/mol. The average Bonchev–Trinajstić information content (AvgIpc) is 1.27. The van der Waals surface area contributed by atoms with Gasteiger partial charge in [-0.1, -0.05) is 75.7 Å². The van der Waals surface area contributed by atoms with Crippen LogP contribution in [0.1, 0.15) is 88.4 Å². The Hall–Kier alpha value is -6.15. The van der Waals surface area contributed by atoms with Crippen molar-refractivity contribution in [2.75, 3.05) is 63.0 Å². The maximum atomic E-state index is 13.2. The minimum Gasteiger partial charge on any atom is -0.465 e. The molecule has 28 heteroatoms. The first-order valence-corrected chi connectivity index (χ1v) is 43.1. The number of fused-ring (bicyclic) bond motifs is 2. The van der Waals surface area contributed by atoms with Gasteiger partial charge < -0.3 is 29.6 Å². The van der Waals surface area contributed by atoms with Crippen LogP contribution in [-0.4, -0.2) is 156 Å². The van der Waals surface area contributed by atoms with E-state index in [0.717, 1.165) is 74.2 Å². The number of hydrogen-bond donors (Lipinski definition) is 1. The Morgan fingerprint density at radius 2 is 0.989 bits per heavy atom. The Bertz CT molecular complexity index is 4040. The summed E-state index contributed by atoms with van der Waals surface area (Å²) in [5, 5.41) is 18.5. The fourth-order valence-corrected chi connectivity index (χ4v) is 17.1. The molecule has 2 aliphatic rings. The molecule has 0 bridgehead atoms. The number of carbonyl (C=O) groups excluding carboxylic acids is 2. The van der Waals surface area contributed by atoms with Crippen LogP contribution in [-0.2, 0) is 48.2 Å². The van der Waals surface area contributed by atoms with Crippen molar-refractivity contribution < 1.29 is 45.4 Å². The van der Waals surface area contributed by atoms with Crippen LogP contribution in [0.2, 0.25) is 51.4 Å². The zero-order chi connectivity index (χ0) is 65.0. The summed E-state index contributed by atoms with van der Waals surface area (Å²) < 4.78 is 80.0. The van der Waals surface area contributed by atoms with E-state index in [9.17, 15) is 26.4 Å². The second-order valence-corrected chi connectivity index (χ2v) is 43.2. The van der Waals surface area contributed by atoms with Gasteiger partial charge in [-0.25, -0.2) is 36.2 Å². The Morgan fingerprint density at radius 1 is 0.600 bits per heavy atom. The van der Waals surface area contributed by atoms with E-state index in [-0.39, 0.29) is 64.2 Å². The number of nitrogens with two attached hydrogens (primary N) is 1. The summed E-state index contributed by atoms with van der Waals surface area (Å²) in [4.78, 5) is 38.1. The fourth-order valence-electron chi connectivity index (χ4n) is 11.5. The lowest BCUT2D eigenvalue weighted by atomic mass is 9.79. The molecule has 0 aliphatic heterocycles. The number of nitrogens with zero attached hydrogens (tertiary/aromatic N) is 11. The van der Waals surface area contributed by atoms with E-state index in [4.69, 9.17) is 39.7 Å². The van der Waals surface area contributed by atoms with Gasteiger partial charge in [-0.05, 0) is 133 Å². The van der Waals surface area contributed by atoms with Crippen LogP contribution in [0.4, 0.5) is 11.6 Å². The zero-order valence-electron chi connectivity index (χ0n) is 52.9. The third-order valence-electron chi connectivity index (χ3n) is 16.9. The molecule has 0 amide bonds. The number of hydrogen-bond acceptors (Lipinski definition) is 18. The highest BCUT2D eigenvalue weighted by molar-refractivity contribution is 9.11. The van der Waals surface area contributed by atoms with E-state index >= 15 is 0 Å². The summed E-state index contributed by atoms with van der Waals surface area (Å²) in [6.45, 7) is 19.4. The lowest BCUT2D eigenvalue weighted by molar-refractivity contribution is -0.148. The third kappa shape index (κ3) is 14.8. The summed E-state index contributed by atoms with van der Waals surface area (Å²) in [7, 11) is -10.1. The van der Waals surface area contributed by atoms with Crippen molar-refractivity contribution in [2.24, 2.45) is 0 Å². The number of anilines is 2. The van der Waals surface area contributed by atoms with Gasteiger partial charge in [0.15, 0.2) is 46.3 Å². The van der Waals surface area contributed by atoms with Gasteiger partial charge in [0.2, 0.25) is 0 Å². The molecule has 0 spiro atoms. The highest BCUT2D eigenvalue weighted by Gasteiger charge is 2.53. The maximum Gasteiger partial charge on any atom is 0.327 e. The highest BCUT2D eigenvalue weighted by atomic mass is 79.9. The second-order valence-electron chi connectivity index (χ2n) is 25.7. The molecule has 484 valence electrons. The number of para-hydroxylation sites is 2. The Morgan fingerprint density at radius 3 is 1.38 bits per heavy atom. The second kappa shape index (κ2) is 28.0. The van der Waals surface area contributed by atoms with E-state index in [2.05, 4.69) is 91.3 Å². The van der Waals surface area contributed by atoms with Gasteiger partial charge in [0.05, 0.1) is 69.7 Å². The van der Waals surface area contributed by atoms with Crippen molar-refractivity contribution in [3.8, 4) is 33.6 Å². The van der Waals surface area contributed by atoms with Crippen LogP contribution in [0.25, 0.3) is 44.9 Å². The van der Waals surface area contributed by atoms with Gasteiger partial charge in [-0.2, -0.15) is 29.4 Å². The molecule has 10 rings (SSSR count). The number of rotatable bonds is 23. The molecule has 8 aromatic rings. The lowest BCUT2D eigenvalue weighted by Crippen LogP contribution is -2.49. The van der Waals surface area contributed by atoms with Crippen LogP contribution in [0, 0.1) is 0 Å². The minimum atomic E-state index is -3.75. The number of carbonyl (C=O) groups is 2. The van der Waals surface area contributed by atoms with Crippen LogP contribution < -0.4 is 10.6 Å². The first kappa shape index (κ1) is 68.2. The molecule has 22 nitrogen and oxygen atoms in total. The Balaban J connectivity index is 0.000000227. The molecule has 6 aromatic heterocycles. The molecule has 2 saturated carbocycles. The third-order valence-corrected chi connectivity index (χ3v) is 25.9. The molecule has 0 saturated heterocycles. The molecule has 2 aromatic carbocycles. The predicted octanol–water partition coefficient (Wildman–Crippen LogP) is 11.7. The molecule has 0 radical (unpaired) electrons. The number of benzene rings is 2. The topological polar surface area (TPSA) is 265 Å². The standard InChI is InChI=1S/C37H55BrN6O6SSi2.C25H27BrN6O4S/c1-9-50-36(45)37(51(2,46)47)17-15-28(16-18-37)33-32(38)35(42(26-48-19-21-52(3,4)5)27-49-20-22-53(6,7)8)44-34(41-33)31(24-40-44)29-23-39-43(25-29)30-13-11-10-12-14-30;1-3-36-24(33)25(37(2,34)35)11-9-16(10-12-25)21-20(26)22(27)32-23(30-21)19(14-29-32)17-13-28-31(15-17)18-7-5-4-6-8-18/h10-14,23-25,28H,9,15-22,26-27H2,1-8H3;4-8,13-16H,3,9-12,27H2,1-2H3. The number of nitrogen functional groups attached to an aromatic ring is 1. The van der Waals surface area contributed by atoms with Crippen molar-refractivity contribution in [3.63, 3.8) is 0 Å². The number of aromatic nitrogens is 10. The Kier molecular flexibility index (Phi) is 21.2. The Labute approximate surface area is 545 Å². The summed E-state index contributed by atoms with van der Waals surface area (Å²) in [5.41, 5.74) is 14.3. The average molecular weight is 1440 g/mol. The van der Waals surface area contributed by atoms with Crippen molar-refractivity contribution in [2.45, 2.75) is 138 Å².